The van der Waals surface area contributed by atoms with E-state index in [9.17, 15) is 22.4 Å². The molecule has 0 aliphatic rings. The predicted octanol–water partition coefficient (Wildman–Crippen LogP) is 4.89. The minimum atomic E-state index is -3.97. The van der Waals surface area contributed by atoms with Gasteiger partial charge in [-0.1, -0.05) is 54.2 Å². The SMILES string of the molecule is CCCCNC(=O)[C@@H](C)N(Cc1ccc(Cl)cc1Cl)C(=O)CN(c1ccc(F)c(Cl)c1)S(C)(=O)=O. The normalized spacial score (nSPS) is 12.2. The number of unbranched alkanes of at least 4 members (excludes halogenated alkanes) is 1. The Morgan fingerprint density at radius 1 is 1.09 bits per heavy atom. The molecule has 1 atom stereocenters. The molecule has 7 nitrogen and oxygen atoms in total. The van der Waals surface area contributed by atoms with Crippen molar-refractivity contribution in [1.29, 1.82) is 0 Å². The number of halogens is 4. The number of nitrogens with zero attached hydrogens (tertiary/aromatic N) is 2. The topological polar surface area (TPSA) is 86.8 Å². The summed E-state index contributed by atoms with van der Waals surface area (Å²) in [5.41, 5.74) is 0.533. The molecule has 0 bridgehead atoms. The lowest BCUT2D eigenvalue weighted by Crippen LogP contribution is -2.51. The van der Waals surface area contributed by atoms with Gasteiger partial charge in [0.15, 0.2) is 0 Å². The van der Waals surface area contributed by atoms with E-state index in [2.05, 4.69) is 5.32 Å². The van der Waals surface area contributed by atoms with Crippen molar-refractivity contribution >= 4 is 62.3 Å². The number of carbonyl (C=O) groups excluding carboxylic acids is 2. The van der Waals surface area contributed by atoms with Crippen molar-refractivity contribution in [3.05, 3.63) is 62.8 Å². The third kappa shape index (κ3) is 8.24. The van der Waals surface area contributed by atoms with Crippen molar-refractivity contribution in [1.82, 2.24) is 10.2 Å². The molecule has 2 aromatic rings. The number of hydrogen-bond acceptors (Lipinski definition) is 4. The lowest BCUT2D eigenvalue weighted by molar-refractivity contribution is -0.139. The number of anilines is 1. The van der Waals surface area contributed by atoms with Gasteiger partial charge in [0.1, 0.15) is 18.4 Å². The van der Waals surface area contributed by atoms with Crippen molar-refractivity contribution in [3.8, 4) is 0 Å². The zero-order chi connectivity index (χ0) is 26.3. The van der Waals surface area contributed by atoms with E-state index in [0.29, 0.717) is 22.2 Å². The number of amides is 2. The first-order valence-electron chi connectivity index (χ1n) is 10.8. The van der Waals surface area contributed by atoms with Crippen LogP contribution < -0.4 is 9.62 Å². The molecule has 0 fully saturated rings. The van der Waals surface area contributed by atoms with Gasteiger partial charge in [-0.3, -0.25) is 13.9 Å². The molecule has 2 aromatic carbocycles. The first kappa shape index (κ1) is 29.2. The second kappa shape index (κ2) is 12.8. The first-order chi connectivity index (χ1) is 16.3. The van der Waals surface area contributed by atoms with Crippen molar-refractivity contribution < 1.29 is 22.4 Å². The van der Waals surface area contributed by atoms with Crippen LogP contribution >= 0.6 is 34.8 Å². The highest BCUT2D eigenvalue weighted by Crippen LogP contribution is 2.26. The average Bonchev–Trinajstić information content (AvgIpc) is 2.77. The molecule has 0 aliphatic carbocycles. The van der Waals surface area contributed by atoms with Gasteiger partial charge in [0.05, 0.1) is 17.0 Å². The summed E-state index contributed by atoms with van der Waals surface area (Å²) in [6, 6.07) is 7.13. The fourth-order valence-corrected chi connectivity index (χ4v) is 4.69. The van der Waals surface area contributed by atoms with Crippen LogP contribution in [0.2, 0.25) is 15.1 Å². The molecular formula is C23H27Cl3FN3O4S. The summed E-state index contributed by atoms with van der Waals surface area (Å²) in [4.78, 5) is 27.5. The highest BCUT2D eigenvalue weighted by molar-refractivity contribution is 7.92. The largest absolute Gasteiger partial charge is 0.354 e. The summed E-state index contributed by atoms with van der Waals surface area (Å²) in [5, 5.41) is 3.18. The standard InChI is InChI=1S/C23H27Cl3FN3O4S/c1-4-5-10-28-23(32)15(2)29(13-16-6-7-17(24)11-19(16)25)22(31)14-30(35(3,33)34)18-8-9-21(27)20(26)12-18/h6-9,11-12,15H,4-5,10,13-14H2,1-3H3,(H,28,32)/t15-/m1/s1. The molecule has 0 aromatic heterocycles. The molecule has 2 rings (SSSR count). The lowest BCUT2D eigenvalue weighted by Gasteiger charge is -2.31. The van der Waals surface area contributed by atoms with E-state index in [0.717, 1.165) is 35.5 Å². The van der Waals surface area contributed by atoms with Crippen LogP contribution in [0, 0.1) is 5.82 Å². The van der Waals surface area contributed by atoms with Crippen LogP contribution in [0.4, 0.5) is 10.1 Å². The second-order valence-corrected chi connectivity index (χ2v) is 11.1. The van der Waals surface area contributed by atoms with E-state index in [1.54, 1.807) is 19.1 Å². The first-order valence-corrected chi connectivity index (χ1v) is 13.8. The molecule has 0 saturated heterocycles. The monoisotopic (exact) mass is 565 g/mol. The number of benzene rings is 2. The smallest absolute Gasteiger partial charge is 0.244 e. The Balaban J connectivity index is 2.40. The van der Waals surface area contributed by atoms with Crippen LogP contribution in [0.15, 0.2) is 36.4 Å². The van der Waals surface area contributed by atoms with Gasteiger partial charge in [0.25, 0.3) is 0 Å². The Kier molecular flexibility index (Phi) is 10.6. The van der Waals surface area contributed by atoms with Gasteiger partial charge >= 0.3 is 0 Å². The van der Waals surface area contributed by atoms with Crippen molar-refractivity contribution in [2.45, 2.75) is 39.3 Å². The highest BCUT2D eigenvalue weighted by Gasteiger charge is 2.30. The quantitative estimate of drug-likeness (QED) is 0.393. The minimum absolute atomic E-state index is 0.0109. The van der Waals surface area contributed by atoms with Gasteiger partial charge in [-0.25, -0.2) is 12.8 Å². The summed E-state index contributed by atoms with van der Waals surface area (Å²) in [6.07, 6.45) is 2.56. The van der Waals surface area contributed by atoms with E-state index in [-0.39, 0.29) is 17.3 Å². The van der Waals surface area contributed by atoms with Gasteiger partial charge < -0.3 is 10.2 Å². The molecule has 2 amide bonds. The van der Waals surface area contributed by atoms with Crippen LogP contribution in [0.5, 0.6) is 0 Å². The Bertz CT molecular complexity index is 1180. The Labute approximate surface area is 220 Å². The number of sulfonamides is 1. The molecule has 0 spiro atoms. The van der Waals surface area contributed by atoms with Gasteiger partial charge in [-0.15, -0.1) is 0 Å². The van der Waals surface area contributed by atoms with E-state index < -0.39 is 40.2 Å². The third-order valence-corrected chi connectivity index (χ3v) is 7.24. The molecule has 0 saturated carbocycles. The average molecular weight is 567 g/mol. The Morgan fingerprint density at radius 2 is 1.77 bits per heavy atom. The van der Waals surface area contributed by atoms with Crippen molar-refractivity contribution in [2.24, 2.45) is 0 Å². The van der Waals surface area contributed by atoms with Crippen LogP contribution in [0.3, 0.4) is 0 Å². The molecule has 12 heteroatoms. The van der Waals surface area contributed by atoms with Gasteiger partial charge in [0, 0.05) is 23.1 Å². The highest BCUT2D eigenvalue weighted by atomic mass is 35.5. The molecule has 35 heavy (non-hydrogen) atoms. The summed E-state index contributed by atoms with van der Waals surface area (Å²) >= 11 is 18.1. The summed E-state index contributed by atoms with van der Waals surface area (Å²) < 4.78 is 39.5. The van der Waals surface area contributed by atoms with Gasteiger partial charge in [-0.05, 0) is 49.2 Å². The summed E-state index contributed by atoms with van der Waals surface area (Å²) in [6.45, 7) is 3.25. The maximum Gasteiger partial charge on any atom is 0.244 e. The molecule has 0 heterocycles. The maximum absolute atomic E-state index is 13.6. The fraction of sp³-hybridized carbons (Fsp3) is 0.391. The van der Waals surface area contributed by atoms with Gasteiger partial charge in [-0.2, -0.15) is 0 Å². The van der Waals surface area contributed by atoms with Crippen LogP contribution in [0.25, 0.3) is 0 Å². The maximum atomic E-state index is 13.6. The van der Waals surface area contributed by atoms with Crippen molar-refractivity contribution in [3.63, 3.8) is 0 Å². The number of carbonyl (C=O) groups is 2. The van der Waals surface area contributed by atoms with E-state index in [1.807, 2.05) is 6.92 Å². The van der Waals surface area contributed by atoms with E-state index in [4.69, 9.17) is 34.8 Å². The Hall–Kier alpha value is -2.07. The second-order valence-electron chi connectivity index (χ2n) is 7.95. The molecule has 0 unspecified atom stereocenters. The predicted molar refractivity (Wildman–Crippen MR) is 138 cm³/mol. The molecule has 192 valence electrons. The third-order valence-electron chi connectivity index (χ3n) is 5.22. The number of rotatable bonds is 11. The zero-order valence-corrected chi connectivity index (χ0v) is 22.6. The number of nitrogens with one attached hydrogen (secondary N) is 1. The van der Waals surface area contributed by atoms with Crippen molar-refractivity contribution in [2.75, 3.05) is 23.7 Å². The number of hydrogen-bond donors (Lipinski definition) is 1. The zero-order valence-electron chi connectivity index (χ0n) is 19.5. The minimum Gasteiger partial charge on any atom is -0.354 e. The molecule has 1 N–H and O–H groups in total. The fourth-order valence-electron chi connectivity index (χ4n) is 3.21. The molecule has 0 radical (unpaired) electrons. The van der Waals surface area contributed by atoms with E-state index in [1.165, 1.54) is 17.0 Å². The summed E-state index contributed by atoms with van der Waals surface area (Å²) in [5.74, 6) is -1.79. The lowest BCUT2D eigenvalue weighted by atomic mass is 10.1. The van der Waals surface area contributed by atoms with E-state index >= 15 is 0 Å². The Morgan fingerprint density at radius 3 is 2.34 bits per heavy atom. The van der Waals surface area contributed by atoms with Crippen LogP contribution in [-0.4, -0.2) is 50.5 Å². The van der Waals surface area contributed by atoms with Crippen LogP contribution in [-0.2, 0) is 26.2 Å². The molecule has 0 aliphatic heterocycles. The molecular weight excluding hydrogens is 540 g/mol. The summed E-state index contributed by atoms with van der Waals surface area (Å²) in [7, 11) is -3.97. The van der Waals surface area contributed by atoms with Crippen LogP contribution in [0.1, 0.15) is 32.3 Å². The van der Waals surface area contributed by atoms with Gasteiger partial charge in [0.2, 0.25) is 21.8 Å².